The van der Waals surface area contributed by atoms with Crippen LogP contribution in [0.1, 0.15) is 20.3 Å². The first-order valence-corrected chi connectivity index (χ1v) is 3.49. The van der Waals surface area contributed by atoms with Gasteiger partial charge in [-0.25, -0.2) is 0 Å². The molecule has 0 radical (unpaired) electrons. The van der Waals surface area contributed by atoms with E-state index in [4.69, 9.17) is 0 Å². The van der Waals surface area contributed by atoms with Crippen LogP contribution in [0.2, 0.25) is 0 Å². The third kappa shape index (κ3) is 3.30. The molecule has 1 nitrogen and oxygen atoms in total. The van der Waals surface area contributed by atoms with Crippen molar-refractivity contribution in [3.05, 3.63) is 0 Å². The van der Waals surface area contributed by atoms with Gasteiger partial charge in [0.05, 0.1) is 0 Å². The Hall–Kier alpha value is 0.557. The van der Waals surface area contributed by atoms with Crippen LogP contribution in [-0.2, 0) is 0 Å². The second-order valence-electron chi connectivity index (χ2n) is 3.10. The summed E-state index contributed by atoms with van der Waals surface area (Å²) < 4.78 is 0. The molecule has 0 amide bonds. The molecule has 2 atom stereocenters. The van der Waals surface area contributed by atoms with Gasteiger partial charge in [-0.2, -0.15) is 0 Å². The number of nitrogens with one attached hydrogen (secondary N) is 1. The molecule has 0 aromatic rings. The summed E-state index contributed by atoms with van der Waals surface area (Å²) >= 11 is 0. The van der Waals surface area contributed by atoms with Crippen molar-refractivity contribution < 1.29 is 0 Å². The van der Waals surface area contributed by atoms with E-state index in [1.54, 1.807) is 0 Å². The van der Waals surface area contributed by atoms with Gasteiger partial charge in [0.15, 0.2) is 0 Å². The second-order valence-corrected chi connectivity index (χ2v) is 3.10. The molecule has 1 rings (SSSR count). The summed E-state index contributed by atoms with van der Waals surface area (Å²) in [5.74, 6) is 1.80. The third-order valence-corrected chi connectivity index (χ3v) is 1.79. The molecule has 2 unspecified atom stereocenters. The van der Waals surface area contributed by atoms with Gasteiger partial charge in [-0.05, 0) is 31.3 Å². The Bertz CT molecular complexity index is 67.3. The summed E-state index contributed by atoms with van der Waals surface area (Å²) in [7, 11) is 0. The van der Waals surface area contributed by atoms with E-state index >= 15 is 0 Å². The van der Waals surface area contributed by atoms with Crippen LogP contribution in [0.25, 0.3) is 0 Å². The minimum absolute atomic E-state index is 0. The van der Waals surface area contributed by atoms with Crippen molar-refractivity contribution in [2.45, 2.75) is 20.3 Å². The van der Waals surface area contributed by atoms with E-state index in [-0.39, 0.29) is 18.9 Å². The fourth-order valence-electron chi connectivity index (χ4n) is 1.43. The normalized spacial score (nSPS) is 35.3. The average Bonchev–Trinajstić information content (AvgIpc) is 1.64. The molecule has 0 aromatic carbocycles. The van der Waals surface area contributed by atoms with Gasteiger partial charge in [-0.1, -0.05) is 13.8 Å². The summed E-state index contributed by atoms with van der Waals surface area (Å²) in [4.78, 5) is 0. The molecule has 0 bridgehead atoms. The Morgan fingerprint density at radius 2 is 1.56 bits per heavy atom. The van der Waals surface area contributed by atoms with E-state index in [9.17, 15) is 0 Å². The van der Waals surface area contributed by atoms with Gasteiger partial charge in [0.1, 0.15) is 0 Å². The molecular formula is C7H16LiN. The molecule has 9 heavy (non-hydrogen) atoms. The molecule has 1 heterocycles. The topological polar surface area (TPSA) is 12.0 Å². The summed E-state index contributed by atoms with van der Waals surface area (Å²) in [5.41, 5.74) is 0. The molecule has 0 saturated carbocycles. The van der Waals surface area contributed by atoms with Crippen molar-refractivity contribution in [3.63, 3.8) is 0 Å². The maximum absolute atomic E-state index is 3.38. The quantitative estimate of drug-likeness (QED) is 0.463. The molecule has 0 aromatic heterocycles. The summed E-state index contributed by atoms with van der Waals surface area (Å²) in [6.07, 6.45) is 1.41. The zero-order chi connectivity index (χ0) is 5.98. The van der Waals surface area contributed by atoms with E-state index in [0.717, 1.165) is 11.8 Å². The Labute approximate surface area is 69.8 Å². The molecule has 2 heteroatoms. The van der Waals surface area contributed by atoms with Gasteiger partial charge >= 0.3 is 18.9 Å². The monoisotopic (exact) mass is 121 g/mol. The average molecular weight is 121 g/mol. The number of hydrogen-bond acceptors (Lipinski definition) is 1. The van der Waals surface area contributed by atoms with E-state index in [1.807, 2.05) is 0 Å². The van der Waals surface area contributed by atoms with E-state index in [1.165, 1.54) is 19.5 Å². The Morgan fingerprint density at radius 1 is 1.11 bits per heavy atom. The van der Waals surface area contributed by atoms with Crippen LogP contribution in [-0.4, -0.2) is 32.0 Å². The molecule has 0 spiro atoms. The van der Waals surface area contributed by atoms with E-state index < -0.39 is 0 Å². The van der Waals surface area contributed by atoms with Gasteiger partial charge < -0.3 is 5.32 Å². The summed E-state index contributed by atoms with van der Waals surface area (Å²) in [6, 6.07) is 0. The van der Waals surface area contributed by atoms with Gasteiger partial charge in [0.25, 0.3) is 0 Å². The molecule has 1 aliphatic rings. The predicted molar refractivity (Wildman–Crippen MR) is 43.0 cm³/mol. The van der Waals surface area contributed by atoms with E-state index in [0.29, 0.717) is 0 Å². The van der Waals surface area contributed by atoms with Crippen LogP contribution < -0.4 is 5.32 Å². The molecule has 1 aliphatic heterocycles. The molecule has 1 N–H and O–H groups in total. The first-order valence-electron chi connectivity index (χ1n) is 3.49. The molecule has 50 valence electrons. The van der Waals surface area contributed by atoms with Gasteiger partial charge in [-0.3, -0.25) is 0 Å². The molecule has 1 fully saturated rings. The molecular weight excluding hydrogens is 105 g/mol. The maximum atomic E-state index is 3.38. The predicted octanol–water partition coefficient (Wildman–Crippen LogP) is 0.603. The van der Waals surface area contributed by atoms with Crippen LogP contribution in [0.15, 0.2) is 0 Å². The fraction of sp³-hybridized carbons (Fsp3) is 1.00. The number of rotatable bonds is 0. The van der Waals surface area contributed by atoms with Crippen molar-refractivity contribution in [1.29, 1.82) is 0 Å². The zero-order valence-electron chi connectivity index (χ0n) is 5.78. The van der Waals surface area contributed by atoms with Crippen LogP contribution in [0.3, 0.4) is 0 Å². The Balaban J connectivity index is 0.000000640. The van der Waals surface area contributed by atoms with Crippen molar-refractivity contribution in [1.82, 2.24) is 5.32 Å². The van der Waals surface area contributed by atoms with Crippen molar-refractivity contribution >= 4 is 18.9 Å². The third-order valence-electron chi connectivity index (χ3n) is 1.79. The van der Waals surface area contributed by atoms with Crippen LogP contribution in [0.4, 0.5) is 0 Å². The first-order chi connectivity index (χ1) is 3.79. The summed E-state index contributed by atoms with van der Waals surface area (Å²) in [5, 5.41) is 3.38. The fourth-order valence-corrected chi connectivity index (χ4v) is 1.43. The zero-order valence-corrected chi connectivity index (χ0v) is 5.78. The second kappa shape index (κ2) is 4.39. The van der Waals surface area contributed by atoms with Crippen LogP contribution >= 0.6 is 0 Å². The van der Waals surface area contributed by atoms with Crippen molar-refractivity contribution in [2.75, 3.05) is 13.1 Å². The van der Waals surface area contributed by atoms with Gasteiger partial charge in [0, 0.05) is 0 Å². The molecule has 0 aliphatic carbocycles. The summed E-state index contributed by atoms with van der Waals surface area (Å²) in [6.45, 7) is 7.07. The van der Waals surface area contributed by atoms with Gasteiger partial charge in [-0.15, -0.1) is 0 Å². The van der Waals surface area contributed by atoms with Crippen LogP contribution in [0.5, 0.6) is 0 Å². The van der Waals surface area contributed by atoms with Crippen molar-refractivity contribution in [2.24, 2.45) is 11.8 Å². The standard InChI is InChI=1S/C7H15N.Li.H/c1-6-3-7(2)5-8-4-6;;/h6-8H,3-5H2,1-2H3;;. The number of piperidine rings is 1. The SMILES string of the molecule is CC1CNCC(C)C1.[LiH]. The van der Waals surface area contributed by atoms with E-state index in [2.05, 4.69) is 19.2 Å². The Kier molecular flexibility index (Phi) is 4.66. The van der Waals surface area contributed by atoms with Crippen molar-refractivity contribution in [3.8, 4) is 0 Å². The Morgan fingerprint density at radius 3 is 1.78 bits per heavy atom. The van der Waals surface area contributed by atoms with Crippen LogP contribution in [0, 0.1) is 11.8 Å². The minimum atomic E-state index is 0. The molecule has 1 saturated heterocycles. The van der Waals surface area contributed by atoms with Gasteiger partial charge in [0.2, 0.25) is 0 Å². The first kappa shape index (κ1) is 9.56. The number of hydrogen-bond donors (Lipinski definition) is 1.